The fraction of sp³-hybridized carbons (Fsp3) is 0.148. The number of anilines is 1. The van der Waals surface area contributed by atoms with Crippen LogP contribution in [0, 0.1) is 0 Å². The third-order valence-electron chi connectivity index (χ3n) is 6.05. The summed E-state index contributed by atoms with van der Waals surface area (Å²) >= 11 is 0. The molecule has 4 aromatic rings. The van der Waals surface area contributed by atoms with E-state index in [4.69, 9.17) is 9.47 Å². The van der Waals surface area contributed by atoms with Gasteiger partial charge in [0.2, 0.25) is 0 Å². The number of nitrogens with zero attached hydrogens (tertiary/aromatic N) is 5. The van der Waals surface area contributed by atoms with Gasteiger partial charge in [0, 0.05) is 23.8 Å². The molecule has 1 aliphatic rings. The number of aryl methyl sites for hydroxylation is 1. The van der Waals surface area contributed by atoms with Crippen LogP contribution in [-0.4, -0.2) is 45.7 Å². The lowest BCUT2D eigenvalue weighted by molar-refractivity contribution is -0.139. The van der Waals surface area contributed by atoms with Gasteiger partial charge in [-0.05, 0) is 49.4 Å². The number of carbonyl (C=O) groups is 2. The Morgan fingerprint density at radius 3 is 2.27 bits per heavy atom. The summed E-state index contributed by atoms with van der Waals surface area (Å²) in [6, 6.07) is 14.5. The van der Waals surface area contributed by atoms with Gasteiger partial charge in [0.25, 0.3) is 5.56 Å². The van der Waals surface area contributed by atoms with Gasteiger partial charge in [-0.15, -0.1) is 15.0 Å². The van der Waals surface area contributed by atoms with E-state index in [2.05, 4.69) is 10.2 Å². The van der Waals surface area contributed by atoms with E-state index in [0.29, 0.717) is 34.5 Å². The fourth-order valence-electron chi connectivity index (χ4n) is 4.28. The Bertz CT molecular complexity index is 1680. The van der Waals surface area contributed by atoms with Crippen LogP contribution in [0.3, 0.4) is 0 Å². The van der Waals surface area contributed by atoms with E-state index in [0.717, 1.165) is 5.39 Å². The zero-order valence-corrected chi connectivity index (χ0v) is 20.4. The maximum Gasteiger partial charge on any atom is 0.355 e. The minimum Gasteiger partial charge on any atom is -0.465 e. The molecule has 0 bridgehead atoms. The van der Waals surface area contributed by atoms with Gasteiger partial charge < -0.3 is 18.9 Å². The number of esters is 2. The number of ether oxygens (including phenoxy) is 2. The fourth-order valence-corrected chi connectivity index (χ4v) is 4.28. The largest absolute Gasteiger partial charge is 0.465 e. The Morgan fingerprint density at radius 2 is 1.62 bits per heavy atom. The van der Waals surface area contributed by atoms with Gasteiger partial charge in [-0.2, -0.15) is 0 Å². The molecule has 0 atom stereocenters. The number of hydrogen-bond acceptors (Lipinski definition) is 8. The number of aromatic nitrogens is 4. The Kier molecular flexibility index (Phi) is 6.14. The monoisotopic (exact) mass is 497 g/mol. The Hall–Kier alpha value is -4.99. The minimum absolute atomic E-state index is 0.00635. The van der Waals surface area contributed by atoms with Crippen molar-refractivity contribution in [1.82, 2.24) is 19.6 Å². The van der Waals surface area contributed by atoms with Gasteiger partial charge in [0.05, 0.1) is 25.3 Å². The van der Waals surface area contributed by atoms with Crippen LogP contribution in [0.1, 0.15) is 6.92 Å². The van der Waals surface area contributed by atoms with Crippen LogP contribution < -0.4 is 10.5 Å². The molecule has 0 amide bonds. The molecule has 0 N–H and O–H groups in total. The minimum atomic E-state index is -0.711. The average molecular weight is 498 g/mol. The number of carbonyl (C=O) groups excluding carboxylic acids is 2. The van der Waals surface area contributed by atoms with Crippen molar-refractivity contribution in [3.8, 4) is 5.69 Å². The smallest absolute Gasteiger partial charge is 0.355 e. The van der Waals surface area contributed by atoms with Crippen LogP contribution in [-0.2, 0) is 25.6 Å². The number of hydrogen-bond donors (Lipinski definition) is 0. The second-order valence-electron chi connectivity index (χ2n) is 8.12. The van der Waals surface area contributed by atoms with Gasteiger partial charge in [-0.25, -0.2) is 9.59 Å². The number of pyridine rings is 1. The molecule has 1 aliphatic heterocycles. The first-order valence-electron chi connectivity index (χ1n) is 11.5. The Balaban J connectivity index is 1.69. The van der Waals surface area contributed by atoms with E-state index in [1.807, 2.05) is 37.3 Å². The van der Waals surface area contributed by atoms with Crippen molar-refractivity contribution in [3.63, 3.8) is 0 Å². The summed E-state index contributed by atoms with van der Waals surface area (Å²) in [6.45, 7) is 2.26. The summed E-state index contributed by atoms with van der Waals surface area (Å²) < 4.78 is 11.5. The summed E-state index contributed by atoms with van der Waals surface area (Å²) in [5, 5.41) is 9.70. The van der Waals surface area contributed by atoms with Crippen molar-refractivity contribution in [2.75, 3.05) is 19.1 Å². The quantitative estimate of drug-likeness (QED) is 0.387. The highest BCUT2D eigenvalue weighted by atomic mass is 16.5. The molecule has 0 saturated carbocycles. The second-order valence-corrected chi connectivity index (χ2v) is 8.12. The number of benzene rings is 2. The molecule has 0 fully saturated rings. The van der Waals surface area contributed by atoms with Crippen LogP contribution in [0.25, 0.3) is 27.6 Å². The van der Waals surface area contributed by atoms with E-state index >= 15 is 0 Å². The lowest BCUT2D eigenvalue weighted by atomic mass is 10.1. The van der Waals surface area contributed by atoms with Gasteiger partial charge in [-0.3, -0.25) is 4.79 Å². The molecule has 186 valence electrons. The molecule has 0 aliphatic carbocycles. The predicted octanol–water partition coefficient (Wildman–Crippen LogP) is 3.25. The van der Waals surface area contributed by atoms with Crippen molar-refractivity contribution in [2.45, 2.75) is 13.5 Å². The summed E-state index contributed by atoms with van der Waals surface area (Å²) in [5.74, 6) is -1.39. The van der Waals surface area contributed by atoms with Crippen LogP contribution in [0.5, 0.6) is 0 Å². The predicted molar refractivity (Wildman–Crippen MR) is 138 cm³/mol. The number of rotatable bonds is 5. The maximum absolute atomic E-state index is 13.5. The van der Waals surface area contributed by atoms with Crippen LogP contribution >= 0.6 is 0 Å². The summed E-state index contributed by atoms with van der Waals surface area (Å²) in [7, 11) is 2.48. The molecule has 2 aromatic heterocycles. The highest BCUT2D eigenvalue weighted by Gasteiger charge is 2.28. The first kappa shape index (κ1) is 23.7. The SMILES string of the molecule is CCn1c(=O)c(-n2nc3ccccc3n2)cc2ccc(N3C=CC=CC(C(=O)OC)=C3C(=O)OC)cc21. The van der Waals surface area contributed by atoms with Gasteiger partial charge >= 0.3 is 11.9 Å². The molecule has 2 aromatic carbocycles. The number of fused-ring (bicyclic) bond motifs is 2. The van der Waals surface area contributed by atoms with Gasteiger partial charge in [-0.1, -0.05) is 24.3 Å². The zero-order valence-electron chi connectivity index (χ0n) is 20.4. The molecular formula is C27H23N5O5. The molecule has 0 radical (unpaired) electrons. The van der Waals surface area contributed by atoms with Crippen LogP contribution in [0.15, 0.2) is 89.0 Å². The first-order chi connectivity index (χ1) is 18.0. The third-order valence-corrected chi connectivity index (χ3v) is 6.05. The molecule has 0 saturated heterocycles. The molecule has 3 heterocycles. The number of allylic oxidation sites excluding steroid dienone is 2. The number of methoxy groups -OCH3 is 2. The highest BCUT2D eigenvalue weighted by Crippen LogP contribution is 2.29. The van der Waals surface area contributed by atoms with Crippen LogP contribution in [0.2, 0.25) is 0 Å². The van der Waals surface area contributed by atoms with Crippen molar-refractivity contribution in [2.24, 2.45) is 0 Å². The van der Waals surface area contributed by atoms with E-state index in [9.17, 15) is 14.4 Å². The van der Waals surface area contributed by atoms with E-state index < -0.39 is 11.9 Å². The second kappa shape index (κ2) is 9.57. The maximum atomic E-state index is 13.5. The molecular weight excluding hydrogens is 474 g/mol. The van der Waals surface area contributed by atoms with Crippen molar-refractivity contribution in [1.29, 1.82) is 0 Å². The lowest BCUT2D eigenvalue weighted by Gasteiger charge is -2.24. The summed E-state index contributed by atoms with van der Waals surface area (Å²) in [6.07, 6.45) is 6.45. The Morgan fingerprint density at radius 1 is 0.919 bits per heavy atom. The van der Waals surface area contributed by atoms with Crippen molar-refractivity contribution in [3.05, 3.63) is 94.6 Å². The standard InChI is InChI=1S/C27H23N5O5/c1-4-30-22-16-18(31-14-8-7-9-19(26(34)36-2)24(31)27(35)37-3)13-12-17(22)15-23(25(30)33)32-28-20-10-5-6-11-21(20)29-32/h5-16H,4H2,1-3H3. The van der Waals surface area contributed by atoms with Gasteiger partial charge in [0.1, 0.15) is 16.7 Å². The zero-order chi connectivity index (χ0) is 26.1. The molecule has 0 spiro atoms. The van der Waals surface area contributed by atoms with E-state index in [1.54, 1.807) is 41.1 Å². The lowest BCUT2D eigenvalue weighted by Crippen LogP contribution is -2.27. The molecule has 10 nitrogen and oxygen atoms in total. The topological polar surface area (TPSA) is 109 Å². The molecule has 5 rings (SSSR count). The Labute approximate surface area is 211 Å². The summed E-state index contributed by atoms with van der Waals surface area (Å²) in [4.78, 5) is 41.7. The van der Waals surface area contributed by atoms with Gasteiger partial charge in [0.15, 0.2) is 5.69 Å². The van der Waals surface area contributed by atoms with Crippen molar-refractivity contribution >= 4 is 39.6 Å². The van der Waals surface area contributed by atoms with Crippen molar-refractivity contribution < 1.29 is 19.1 Å². The van der Waals surface area contributed by atoms with E-state index in [-0.39, 0.29) is 16.8 Å². The van der Waals surface area contributed by atoms with E-state index in [1.165, 1.54) is 30.0 Å². The van der Waals surface area contributed by atoms with Crippen LogP contribution in [0.4, 0.5) is 5.69 Å². The molecule has 37 heavy (non-hydrogen) atoms. The first-order valence-corrected chi connectivity index (χ1v) is 11.5. The molecule has 10 heteroatoms. The summed E-state index contributed by atoms with van der Waals surface area (Å²) in [5.41, 5.74) is 2.65. The molecule has 0 unspecified atom stereocenters. The average Bonchev–Trinajstić information content (AvgIpc) is 3.23. The third kappa shape index (κ3) is 4.08. The highest BCUT2D eigenvalue weighted by molar-refractivity contribution is 6.05. The normalized spacial score (nSPS) is 13.3.